The molecule has 1 N–H and O–H groups in total. The molecule has 1 unspecified atom stereocenters. The van der Waals surface area contributed by atoms with E-state index in [0.717, 1.165) is 22.6 Å². The van der Waals surface area contributed by atoms with Crippen LogP contribution in [-0.4, -0.2) is 26.3 Å². The maximum Gasteiger partial charge on any atom is 0.252 e. The van der Waals surface area contributed by atoms with Crippen LogP contribution in [0.15, 0.2) is 73.2 Å². The summed E-state index contributed by atoms with van der Waals surface area (Å²) in [7, 11) is 0. The number of hydrogen-bond acceptors (Lipinski definition) is 3. The van der Waals surface area contributed by atoms with Crippen LogP contribution in [0.25, 0.3) is 16.9 Å². The van der Waals surface area contributed by atoms with Gasteiger partial charge < -0.3 is 9.72 Å². The van der Waals surface area contributed by atoms with Crippen molar-refractivity contribution in [2.75, 3.05) is 0 Å². The van der Waals surface area contributed by atoms with Crippen molar-refractivity contribution in [2.45, 2.75) is 19.4 Å². The monoisotopic (exact) mass is 374 g/mol. The first-order valence-electron chi connectivity index (χ1n) is 9.04. The number of benzene rings is 1. The molecule has 3 heterocycles. The predicted molar refractivity (Wildman–Crippen MR) is 105 cm³/mol. The third-order valence-corrected chi connectivity index (χ3v) is 4.47. The van der Waals surface area contributed by atoms with Gasteiger partial charge in [-0.25, -0.2) is 9.37 Å². The van der Waals surface area contributed by atoms with E-state index in [1.807, 2.05) is 31.3 Å². The maximum atomic E-state index is 13.1. The zero-order chi connectivity index (χ0) is 19.5. The summed E-state index contributed by atoms with van der Waals surface area (Å²) >= 11 is 0. The van der Waals surface area contributed by atoms with Gasteiger partial charge in [-0.05, 0) is 55.5 Å². The van der Waals surface area contributed by atoms with E-state index in [-0.39, 0.29) is 17.8 Å². The molecule has 0 aliphatic rings. The highest BCUT2D eigenvalue weighted by molar-refractivity contribution is 5.94. The van der Waals surface area contributed by atoms with E-state index >= 15 is 0 Å². The molecule has 0 aliphatic heterocycles. The average molecular weight is 374 g/mol. The summed E-state index contributed by atoms with van der Waals surface area (Å²) in [5.74, 6) is -0.436. The fourth-order valence-electron chi connectivity index (χ4n) is 3.08. The Hall–Kier alpha value is -3.54. The van der Waals surface area contributed by atoms with E-state index in [1.54, 1.807) is 41.1 Å². The Labute approximate surface area is 161 Å². The third-order valence-electron chi connectivity index (χ3n) is 4.47. The van der Waals surface area contributed by atoms with Gasteiger partial charge in [0.2, 0.25) is 0 Å². The second-order valence-corrected chi connectivity index (χ2v) is 6.72. The highest BCUT2D eigenvalue weighted by Crippen LogP contribution is 2.20. The Morgan fingerprint density at radius 3 is 2.68 bits per heavy atom. The molecule has 1 atom stereocenters. The smallest absolute Gasteiger partial charge is 0.252 e. The lowest BCUT2D eigenvalue weighted by Crippen LogP contribution is -2.34. The molecule has 0 saturated carbocycles. The van der Waals surface area contributed by atoms with Crippen LogP contribution in [0.2, 0.25) is 0 Å². The summed E-state index contributed by atoms with van der Waals surface area (Å²) in [6, 6.07) is 15.4. The summed E-state index contributed by atoms with van der Waals surface area (Å²) in [5, 5.41) is 3.00. The van der Waals surface area contributed by atoms with Crippen molar-refractivity contribution < 1.29 is 9.18 Å². The van der Waals surface area contributed by atoms with Gasteiger partial charge in [-0.2, -0.15) is 0 Å². The van der Waals surface area contributed by atoms with Crippen molar-refractivity contribution in [3.05, 3.63) is 90.3 Å². The summed E-state index contributed by atoms with van der Waals surface area (Å²) in [4.78, 5) is 21.4. The van der Waals surface area contributed by atoms with Gasteiger partial charge in [0.25, 0.3) is 5.91 Å². The molecular weight excluding hydrogens is 355 g/mol. The summed E-state index contributed by atoms with van der Waals surface area (Å²) in [5.41, 5.74) is 3.74. The second-order valence-electron chi connectivity index (χ2n) is 6.72. The zero-order valence-electron chi connectivity index (χ0n) is 15.3. The SMILES string of the molecule is CC(Cc1ccccn1)NC(=O)c1ccc2nc(-c3ccc(F)cc3)cn2c1. The Kier molecular flexibility index (Phi) is 4.85. The Morgan fingerprint density at radius 1 is 1.11 bits per heavy atom. The number of nitrogens with zero attached hydrogens (tertiary/aromatic N) is 3. The lowest BCUT2D eigenvalue weighted by molar-refractivity contribution is 0.0939. The Morgan fingerprint density at radius 2 is 1.93 bits per heavy atom. The third kappa shape index (κ3) is 3.91. The summed E-state index contributed by atoms with van der Waals surface area (Å²) < 4.78 is 14.9. The lowest BCUT2D eigenvalue weighted by Gasteiger charge is -2.13. The van der Waals surface area contributed by atoms with Gasteiger partial charge in [-0.1, -0.05) is 6.07 Å². The number of rotatable bonds is 5. The first-order chi connectivity index (χ1) is 13.6. The molecule has 3 aromatic heterocycles. The topological polar surface area (TPSA) is 59.3 Å². The average Bonchev–Trinajstić information content (AvgIpc) is 3.12. The number of amides is 1. The number of carbonyl (C=O) groups excluding carboxylic acids is 1. The van der Waals surface area contributed by atoms with E-state index in [1.165, 1.54) is 12.1 Å². The first kappa shape index (κ1) is 17.9. The number of imidazole rings is 1. The number of halogens is 1. The lowest BCUT2D eigenvalue weighted by atomic mass is 10.1. The molecular formula is C22H19FN4O. The number of pyridine rings is 2. The molecule has 0 fully saturated rings. The molecule has 1 aromatic carbocycles. The Balaban J connectivity index is 1.50. The largest absolute Gasteiger partial charge is 0.349 e. The standard InChI is InChI=1S/C22H19FN4O/c1-15(12-19-4-2-3-11-24-19)25-22(28)17-7-10-21-26-20(14-27(21)13-17)16-5-8-18(23)9-6-16/h2-11,13-15H,12H2,1H3,(H,25,28). The maximum absolute atomic E-state index is 13.1. The van der Waals surface area contributed by atoms with Gasteiger partial charge in [0.05, 0.1) is 11.3 Å². The normalized spacial score (nSPS) is 12.1. The molecule has 0 spiro atoms. The van der Waals surface area contributed by atoms with E-state index in [4.69, 9.17) is 0 Å². The fourth-order valence-corrected chi connectivity index (χ4v) is 3.08. The molecule has 5 nitrogen and oxygen atoms in total. The van der Waals surface area contributed by atoms with E-state index in [0.29, 0.717) is 12.0 Å². The molecule has 0 bridgehead atoms. The second kappa shape index (κ2) is 7.60. The summed E-state index contributed by atoms with van der Waals surface area (Å²) in [6.45, 7) is 1.95. The van der Waals surface area contributed by atoms with Crippen molar-refractivity contribution in [3.63, 3.8) is 0 Å². The van der Waals surface area contributed by atoms with Crippen LogP contribution < -0.4 is 5.32 Å². The molecule has 1 amide bonds. The minimum atomic E-state index is -0.286. The van der Waals surface area contributed by atoms with Crippen molar-refractivity contribution in [1.29, 1.82) is 0 Å². The molecule has 6 heteroatoms. The van der Waals surface area contributed by atoms with Gasteiger partial charge in [0, 0.05) is 42.3 Å². The number of carbonyl (C=O) groups is 1. The van der Waals surface area contributed by atoms with Crippen LogP contribution in [0.4, 0.5) is 4.39 Å². The van der Waals surface area contributed by atoms with Crippen LogP contribution >= 0.6 is 0 Å². The van der Waals surface area contributed by atoms with Crippen molar-refractivity contribution >= 4 is 11.6 Å². The van der Waals surface area contributed by atoms with Gasteiger partial charge in [-0.3, -0.25) is 9.78 Å². The number of fused-ring (bicyclic) bond motifs is 1. The Bertz CT molecular complexity index is 1110. The molecule has 0 aliphatic carbocycles. The minimum absolute atomic E-state index is 0.0457. The van der Waals surface area contributed by atoms with Gasteiger partial charge in [0.15, 0.2) is 0 Å². The number of aromatic nitrogens is 3. The van der Waals surface area contributed by atoms with Crippen molar-refractivity contribution in [2.24, 2.45) is 0 Å². The summed E-state index contributed by atoms with van der Waals surface area (Å²) in [6.07, 6.45) is 5.99. The number of nitrogens with one attached hydrogen (secondary N) is 1. The van der Waals surface area contributed by atoms with E-state index < -0.39 is 0 Å². The number of hydrogen-bond donors (Lipinski definition) is 1. The van der Waals surface area contributed by atoms with Crippen molar-refractivity contribution in [1.82, 2.24) is 19.7 Å². The van der Waals surface area contributed by atoms with E-state index in [2.05, 4.69) is 15.3 Å². The molecule has 0 radical (unpaired) electrons. The minimum Gasteiger partial charge on any atom is -0.349 e. The van der Waals surface area contributed by atoms with Crippen LogP contribution in [-0.2, 0) is 6.42 Å². The highest BCUT2D eigenvalue weighted by atomic mass is 19.1. The predicted octanol–water partition coefficient (Wildman–Crippen LogP) is 3.90. The molecule has 4 rings (SSSR count). The molecule has 0 saturated heterocycles. The quantitative estimate of drug-likeness (QED) is 0.576. The van der Waals surface area contributed by atoms with Crippen LogP contribution in [0, 0.1) is 5.82 Å². The van der Waals surface area contributed by atoms with Gasteiger partial charge >= 0.3 is 0 Å². The molecule has 140 valence electrons. The van der Waals surface area contributed by atoms with Gasteiger partial charge in [-0.15, -0.1) is 0 Å². The van der Waals surface area contributed by atoms with Crippen LogP contribution in [0.5, 0.6) is 0 Å². The fraction of sp³-hybridized carbons (Fsp3) is 0.136. The van der Waals surface area contributed by atoms with Gasteiger partial charge in [0.1, 0.15) is 11.5 Å². The molecule has 28 heavy (non-hydrogen) atoms. The van der Waals surface area contributed by atoms with Crippen molar-refractivity contribution in [3.8, 4) is 11.3 Å². The first-order valence-corrected chi connectivity index (χ1v) is 9.04. The highest BCUT2D eigenvalue weighted by Gasteiger charge is 2.13. The van der Waals surface area contributed by atoms with E-state index in [9.17, 15) is 9.18 Å². The zero-order valence-corrected chi connectivity index (χ0v) is 15.3. The molecule has 4 aromatic rings. The van der Waals surface area contributed by atoms with Crippen LogP contribution in [0.3, 0.4) is 0 Å². The van der Waals surface area contributed by atoms with Crippen LogP contribution in [0.1, 0.15) is 23.0 Å².